The lowest BCUT2D eigenvalue weighted by Crippen LogP contribution is -2.06. The highest BCUT2D eigenvalue weighted by Crippen LogP contribution is 2.23. The Bertz CT molecular complexity index is 613. The minimum atomic E-state index is 0.484. The van der Waals surface area contributed by atoms with Gasteiger partial charge in [0.2, 0.25) is 0 Å². The Kier molecular flexibility index (Phi) is 3.75. The molecule has 0 fully saturated rings. The number of aromatic nitrogens is 2. The van der Waals surface area contributed by atoms with Crippen molar-refractivity contribution >= 4 is 28.9 Å². The Hall–Kier alpha value is -1.70. The van der Waals surface area contributed by atoms with Crippen molar-refractivity contribution in [1.29, 1.82) is 5.26 Å². The minimum absolute atomic E-state index is 0.484. The van der Waals surface area contributed by atoms with Crippen LogP contribution in [0.25, 0.3) is 0 Å². The molecule has 4 nitrogen and oxygen atoms in total. The highest BCUT2D eigenvalue weighted by atomic mass is 35.5. The molecule has 6 heteroatoms. The molecule has 1 aromatic carbocycles. The SMILES string of the molecule is Cn1c(Cl)cnc1CNc1cc(C#N)ccc1Cl. The van der Waals surface area contributed by atoms with Crippen molar-refractivity contribution in [2.24, 2.45) is 7.05 Å². The predicted octanol–water partition coefficient (Wildman–Crippen LogP) is 3.21. The van der Waals surface area contributed by atoms with Crippen LogP contribution in [0.1, 0.15) is 11.4 Å². The number of rotatable bonds is 3. The van der Waals surface area contributed by atoms with E-state index in [4.69, 9.17) is 28.5 Å². The van der Waals surface area contributed by atoms with Gasteiger partial charge in [-0.15, -0.1) is 0 Å². The molecule has 0 radical (unpaired) electrons. The molecule has 0 unspecified atom stereocenters. The van der Waals surface area contributed by atoms with Gasteiger partial charge in [0, 0.05) is 7.05 Å². The molecule has 18 heavy (non-hydrogen) atoms. The van der Waals surface area contributed by atoms with Gasteiger partial charge in [-0.25, -0.2) is 4.98 Å². The largest absolute Gasteiger partial charge is 0.377 e. The van der Waals surface area contributed by atoms with Crippen LogP contribution in [-0.4, -0.2) is 9.55 Å². The summed E-state index contributed by atoms with van der Waals surface area (Å²) in [6.45, 7) is 0.484. The highest BCUT2D eigenvalue weighted by Gasteiger charge is 2.06. The summed E-state index contributed by atoms with van der Waals surface area (Å²) in [6.07, 6.45) is 1.59. The summed E-state index contributed by atoms with van der Waals surface area (Å²) in [6, 6.07) is 7.13. The Morgan fingerprint density at radius 1 is 1.44 bits per heavy atom. The van der Waals surface area contributed by atoms with Crippen LogP contribution >= 0.6 is 23.2 Å². The lowest BCUT2D eigenvalue weighted by atomic mass is 10.2. The van der Waals surface area contributed by atoms with E-state index in [9.17, 15) is 0 Å². The van der Waals surface area contributed by atoms with Crippen molar-refractivity contribution in [2.45, 2.75) is 6.54 Å². The number of nitriles is 1. The standard InChI is InChI=1S/C12H10Cl2N4/c1-18-11(14)6-17-12(18)7-16-10-4-8(5-15)2-3-9(10)13/h2-4,6,16H,7H2,1H3. The Morgan fingerprint density at radius 3 is 2.83 bits per heavy atom. The maximum atomic E-state index is 8.83. The normalized spacial score (nSPS) is 10.1. The van der Waals surface area contributed by atoms with Gasteiger partial charge in [0.1, 0.15) is 11.0 Å². The van der Waals surface area contributed by atoms with E-state index in [0.29, 0.717) is 28.0 Å². The molecule has 0 saturated heterocycles. The molecular formula is C12H10Cl2N4. The maximum absolute atomic E-state index is 8.83. The van der Waals surface area contributed by atoms with E-state index in [1.165, 1.54) is 0 Å². The monoisotopic (exact) mass is 280 g/mol. The van der Waals surface area contributed by atoms with Crippen molar-refractivity contribution < 1.29 is 0 Å². The van der Waals surface area contributed by atoms with Gasteiger partial charge < -0.3 is 9.88 Å². The van der Waals surface area contributed by atoms with Crippen LogP contribution < -0.4 is 5.32 Å². The number of anilines is 1. The van der Waals surface area contributed by atoms with Crippen LogP contribution in [0.2, 0.25) is 10.2 Å². The van der Waals surface area contributed by atoms with Gasteiger partial charge in [0.05, 0.1) is 35.1 Å². The van der Waals surface area contributed by atoms with Crippen LogP contribution in [0.3, 0.4) is 0 Å². The molecule has 0 aliphatic heterocycles. The van der Waals surface area contributed by atoms with Crippen molar-refractivity contribution in [3.63, 3.8) is 0 Å². The van der Waals surface area contributed by atoms with E-state index in [0.717, 1.165) is 5.82 Å². The lowest BCUT2D eigenvalue weighted by Gasteiger charge is -2.08. The summed E-state index contributed by atoms with van der Waals surface area (Å²) in [5.41, 5.74) is 1.26. The fourth-order valence-electron chi connectivity index (χ4n) is 1.49. The fourth-order valence-corrected chi connectivity index (χ4v) is 1.82. The van der Waals surface area contributed by atoms with Gasteiger partial charge >= 0.3 is 0 Å². The van der Waals surface area contributed by atoms with E-state index < -0.39 is 0 Å². The zero-order valence-corrected chi connectivity index (χ0v) is 11.1. The van der Waals surface area contributed by atoms with Crippen molar-refractivity contribution in [1.82, 2.24) is 9.55 Å². The maximum Gasteiger partial charge on any atom is 0.128 e. The van der Waals surface area contributed by atoms with Crippen molar-refractivity contribution in [3.05, 3.63) is 46.0 Å². The van der Waals surface area contributed by atoms with Crippen molar-refractivity contribution in [2.75, 3.05) is 5.32 Å². The molecule has 2 aromatic rings. The van der Waals surface area contributed by atoms with Crippen molar-refractivity contribution in [3.8, 4) is 6.07 Å². The van der Waals surface area contributed by atoms with Gasteiger partial charge in [0.25, 0.3) is 0 Å². The molecule has 0 bridgehead atoms. The second-order valence-electron chi connectivity index (χ2n) is 3.72. The third kappa shape index (κ3) is 2.58. The van der Waals surface area contributed by atoms with Crippen LogP contribution in [0.15, 0.2) is 24.4 Å². The quantitative estimate of drug-likeness (QED) is 0.939. The second kappa shape index (κ2) is 5.30. The Morgan fingerprint density at radius 2 is 2.22 bits per heavy atom. The first kappa shape index (κ1) is 12.7. The molecule has 0 spiro atoms. The van der Waals surface area contributed by atoms with Gasteiger partial charge in [-0.05, 0) is 18.2 Å². The average Bonchev–Trinajstić information content (AvgIpc) is 2.69. The topological polar surface area (TPSA) is 53.6 Å². The fraction of sp³-hybridized carbons (Fsp3) is 0.167. The number of imidazole rings is 1. The molecule has 0 atom stereocenters. The molecule has 2 rings (SSSR count). The van der Waals surface area contributed by atoms with Gasteiger partial charge in [-0.2, -0.15) is 5.26 Å². The highest BCUT2D eigenvalue weighted by molar-refractivity contribution is 6.33. The van der Waals surface area contributed by atoms with Gasteiger partial charge in [-0.3, -0.25) is 0 Å². The van der Waals surface area contributed by atoms with Crippen LogP contribution in [-0.2, 0) is 13.6 Å². The van der Waals surface area contributed by atoms with E-state index in [1.807, 2.05) is 7.05 Å². The third-order valence-electron chi connectivity index (χ3n) is 2.56. The molecule has 1 heterocycles. The number of nitrogens with one attached hydrogen (secondary N) is 1. The van der Waals surface area contributed by atoms with E-state index in [2.05, 4.69) is 16.4 Å². The summed E-state index contributed by atoms with van der Waals surface area (Å²) in [5.74, 6) is 0.790. The number of benzene rings is 1. The van der Waals surface area contributed by atoms with Crippen LogP contribution in [0, 0.1) is 11.3 Å². The molecule has 0 aliphatic carbocycles. The summed E-state index contributed by atoms with van der Waals surface area (Å²) >= 11 is 11.9. The number of hydrogen-bond donors (Lipinski definition) is 1. The second-order valence-corrected chi connectivity index (χ2v) is 4.51. The molecule has 0 saturated carbocycles. The van der Waals surface area contributed by atoms with E-state index in [1.54, 1.807) is 29.0 Å². The summed E-state index contributed by atoms with van der Waals surface area (Å²) in [5, 5.41) is 13.1. The zero-order chi connectivity index (χ0) is 13.1. The predicted molar refractivity (Wildman–Crippen MR) is 71.7 cm³/mol. The first-order chi connectivity index (χ1) is 8.61. The molecular weight excluding hydrogens is 271 g/mol. The number of hydrogen-bond acceptors (Lipinski definition) is 3. The summed E-state index contributed by atoms with van der Waals surface area (Å²) in [7, 11) is 1.83. The van der Waals surface area contributed by atoms with E-state index in [-0.39, 0.29) is 0 Å². The molecule has 1 N–H and O–H groups in total. The first-order valence-electron chi connectivity index (χ1n) is 5.21. The molecule has 0 aliphatic rings. The molecule has 0 amide bonds. The lowest BCUT2D eigenvalue weighted by molar-refractivity contribution is 0.813. The van der Waals surface area contributed by atoms with Gasteiger partial charge in [-0.1, -0.05) is 23.2 Å². The molecule has 92 valence electrons. The third-order valence-corrected chi connectivity index (χ3v) is 3.24. The van der Waals surface area contributed by atoms with Gasteiger partial charge in [0.15, 0.2) is 0 Å². The minimum Gasteiger partial charge on any atom is -0.377 e. The first-order valence-corrected chi connectivity index (χ1v) is 5.97. The number of halogens is 2. The number of nitrogens with zero attached hydrogens (tertiary/aromatic N) is 3. The molecule has 1 aromatic heterocycles. The summed E-state index contributed by atoms with van der Waals surface area (Å²) in [4.78, 5) is 4.16. The average molecular weight is 281 g/mol. The van der Waals surface area contributed by atoms with Crippen LogP contribution in [0.5, 0.6) is 0 Å². The smallest absolute Gasteiger partial charge is 0.128 e. The summed E-state index contributed by atoms with van der Waals surface area (Å²) < 4.78 is 1.77. The van der Waals surface area contributed by atoms with Crippen LogP contribution in [0.4, 0.5) is 5.69 Å². The Balaban J connectivity index is 2.15. The zero-order valence-electron chi connectivity index (χ0n) is 9.61. The Labute approximate surface area is 115 Å². The van der Waals surface area contributed by atoms with E-state index >= 15 is 0 Å².